The largest absolute Gasteiger partial charge is 0.458 e. The van der Waals surface area contributed by atoms with Gasteiger partial charge < -0.3 is 4.74 Å². The molecule has 56 valence electrons. The van der Waals surface area contributed by atoms with Gasteiger partial charge in [-0.15, -0.1) is 0 Å². The van der Waals surface area contributed by atoms with Crippen LogP contribution in [0.1, 0.15) is 25.7 Å². The number of ether oxygens (including phenoxy) is 1. The minimum atomic E-state index is -0.0811. The van der Waals surface area contributed by atoms with Crippen molar-refractivity contribution >= 4 is 5.97 Å². The summed E-state index contributed by atoms with van der Waals surface area (Å²) in [6.45, 7) is 3.58. The highest BCUT2D eigenvalue weighted by atomic mass is 16.5. The average molecular weight is 140 g/mol. The molecular weight excluding hydrogens is 128 g/mol. The summed E-state index contributed by atoms with van der Waals surface area (Å²) in [5.41, 5.74) is 0. The Morgan fingerprint density at radius 1 is 1.60 bits per heavy atom. The van der Waals surface area contributed by atoms with Crippen LogP contribution in [0.4, 0.5) is 0 Å². The Kier molecular flexibility index (Phi) is 2.49. The molecule has 1 saturated heterocycles. The third-order valence-electron chi connectivity index (χ3n) is 1.67. The summed E-state index contributed by atoms with van der Waals surface area (Å²) in [5, 5.41) is 0. The molecule has 2 heteroatoms. The second-order valence-corrected chi connectivity index (χ2v) is 2.51. The summed E-state index contributed by atoms with van der Waals surface area (Å²) in [6, 6.07) is 0. The highest BCUT2D eigenvalue weighted by Gasteiger charge is 2.14. The van der Waals surface area contributed by atoms with Crippen molar-refractivity contribution in [2.75, 3.05) is 0 Å². The van der Waals surface area contributed by atoms with Gasteiger partial charge in [-0.2, -0.15) is 0 Å². The fourth-order valence-electron chi connectivity index (χ4n) is 1.07. The number of hydrogen-bond acceptors (Lipinski definition) is 2. The van der Waals surface area contributed by atoms with Crippen LogP contribution < -0.4 is 0 Å². The second kappa shape index (κ2) is 3.40. The van der Waals surface area contributed by atoms with Crippen LogP contribution in [0.2, 0.25) is 0 Å². The molecule has 0 bridgehead atoms. The second-order valence-electron chi connectivity index (χ2n) is 2.51. The minimum absolute atomic E-state index is 0.0324. The average Bonchev–Trinajstić information content (AvgIpc) is 2.13. The number of esters is 1. The monoisotopic (exact) mass is 140 g/mol. The van der Waals surface area contributed by atoms with E-state index < -0.39 is 0 Å². The van der Waals surface area contributed by atoms with Gasteiger partial charge in [0.2, 0.25) is 0 Å². The van der Waals surface area contributed by atoms with Crippen LogP contribution in [0.15, 0.2) is 12.7 Å². The molecule has 0 saturated carbocycles. The zero-order valence-corrected chi connectivity index (χ0v) is 6.01. The Labute approximate surface area is 60.9 Å². The van der Waals surface area contributed by atoms with Crippen LogP contribution >= 0.6 is 0 Å². The van der Waals surface area contributed by atoms with E-state index in [9.17, 15) is 4.79 Å². The zero-order valence-electron chi connectivity index (χ0n) is 6.01. The summed E-state index contributed by atoms with van der Waals surface area (Å²) in [5.74, 6) is -0.0811. The lowest BCUT2D eigenvalue weighted by atomic mass is 10.1. The molecule has 0 aromatic carbocycles. The molecule has 0 aromatic rings. The molecule has 0 N–H and O–H groups in total. The highest BCUT2D eigenvalue weighted by Crippen LogP contribution is 2.14. The summed E-state index contributed by atoms with van der Waals surface area (Å²) in [4.78, 5) is 10.8. The van der Waals surface area contributed by atoms with Crippen molar-refractivity contribution in [3.63, 3.8) is 0 Å². The number of hydrogen-bond donors (Lipinski definition) is 0. The smallest absolute Gasteiger partial charge is 0.306 e. The molecule has 0 aliphatic carbocycles. The van der Waals surface area contributed by atoms with E-state index in [1.165, 1.54) is 0 Å². The van der Waals surface area contributed by atoms with Crippen molar-refractivity contribution in [3.05, 3.63) is 12.7 Å². The molecule has 0 unspecified atom stereocenters. The standard InChI is InChI=1S/C8H12O2/c1-2-7-5-3-4-6-8(9)10-7/h2,7H,1,3-6H2/t7-/m0/s1. The van der Waals surface area contributed by atoms with Crippen molar-refractivity contribution in [3.8, 4) is 0 Å². The first-order chi connectivity index (χ1) is 4.83. The molecule has 2 nitrogen and oxygen atoms in total. The Balaban J connectivity index is 2.45. The maximum atomic E-state index is 10.8. The summed E-state index contributed by atoms with van der Waals surface area (Å²) in [6.07, 6.45) is 5.21. The number of cyclic esters (lactones) is 1. The number of carbonyl (C=O) groups excluding carboxylic acids is 1. The molecule has 1 aliphatic rings. The van der Waals surface area contributed by atoms with Gasteiger partial charge in [0.05, 0.1) is 0 Å². The summed E-state index contributed by atoms with van der Waals surface area (Å²) >= 11 is 0. The quantitative estimate of drug-likeness (QED) is 0.409. The third-order valence-corrected chi connectivity index (χ3v) is 1.67. The predicted octanol–water partition coefficient (Wildman–Crippen LogP) is 1.66. The van der Waals surface area contributed by atoms with E-state index in [0.717, 1.165) is 19.3 Å². The number of carbonyl (C=O) groups is 1. The minimum Gasteiger partial charge on any atom is -0.458 e. The molecular formula is C8H12O2. The van der Waals surface area contributed by atoms with Gasteiger partial charge in [0.1, 0.15) is 6.10 Å². The van der Waals surface area contributed by atoms with E-state index in [2.05, 4.69) is 6.58 Å². The Bertz CT molecular complexity index is 140. The van der Waals surface area contributed by atoms with Crippen LogP contribution in [0.3, 0.4) is 0 Å². The fourth-order valence-corrected chi connectivity index (χ4v) is 1.07. The zero-order chi connectivity index (χ0) is 7.40. The first-order valence-corrected chi connectivity index (χ1v) is 3.65. The van der Waals surface area contributed by atoms with Crippen LogP contribution in [-0.4, -0.2) is 12.1 Å². The van der Waals surface area contributed by atoms with Crippen molar-refractivity contribution in [1.29, 1.82) is 0 Å². The maximum absolute atomic E-state index is 10.8. The van der Waals surface area contributed by atoms with E-state index >= 15 is 0 Å². The Hall–Kier alpha value is -0.790. The predicted molar refractivity (Wildman–Crippen MR) is 38.5 cm³/mol. The van der Waals surface area contributed by atoms with Gasteiger partial charge in [-0.25, -0.2) is 0 Å². The van der Waals surface area contributed by atoms with E-state index in [-0.39, 0.29) is 12.1 Å². The lowest BCUT2D eigenvalue weighted by molar-refractivity contribution is -0.145. The Morgan fingerprint density at radius 2 is 2.40 bits per heavy atom. The topological polar surface area (TPSA) is 26.3 Å². The molecule has 1 heterocycles. The van der Waals surface area contributed by atoms with Gasteiger partial charge in [0.25, 0.3) is 0 Å². The number of rotatable bonds is 1. The maximum Gasteiger partial charge on any atom is 0.306 e. The molecule has 0 amide bonds. The van der Waals surface area contributed by atoms with Crippen LogP contribution in [0.5, 0.6) is 0 Å². The van der Waals surface area contributed by atoms with Crippen molar-refractivity contribution < 1.29 is 9.53 Å². The highest BCUT2D eigenvalue weighted by molar-refractivity contribution is 5.69. The van der Waals surface area contributed by atoms with Crippen molar-refractivity contribution in [1.82, 2.24) is 0 Å². The lowest BCUT2D eigenvalue weighted by Crippen LogP contribution is -2.11. The SMILES string of the molecule is C=C[C@H]1CCCCC(=O)O1. The van der Waals surface area contributed by atoms with Gasteiger partial charge in [0.15, 0.2) is 0 Å². The van der Waals surface area contributed by atoms with E-state index in [0.29, 0.717) is 6.42 Å². The summed E-state index contributed by atoms with van der Waals surface area (Å²) in [7, 11) is 0. The molecule has 0 spiro atoms. The summed E-state index contributed by atoms with van der Waals surface area (Å²) < 4.78 is 5.00. The van der Waals surface area contributed by atoms with Gasteiger partial charge in [-0.05, 0) is 19.3 Å². The third kappa shape index (κ3) is 1.87. The van der Waals surface area contributed by atoms with Crippen LogP contribution in [0.25, 0.3) is 0 Å². The Morgan fingerprint density at radius 3 is 3.10 bits per heavy atom. The van der Waals surface area contributed by atoms with E-state index in [4.69, 9.17) is 4.74 Å². The van der Waals surface area contributed by atoms with Gasteiger partial charge in [-0.3, -0.25) is 4.79 Å². The van der Waals surface area contributed by atoms with Gasteiger partial charge >= 0.3 is 5.97 Å². The van der Waals surface area contributed by atoms with Crippen molar-refractivity contribution in [2.45, 2.75) is 31.8 Å². The normalized spacial score (nSPS) is 26.8. The molecule has 1 aliphatic heterocycles. The molecule has 1 atom stereocenters. The molecule has 10 heavy (non-hydrogen) atoms. The van der Waals surface area contributed by atoms with Gasteiger partial charge in [-0.1, -0.05) is 12.7 Å². The fraction of sp³-hybridized carbons (Fsp3) is 0.625. The molecule has 0 radical (unpaired) electrons. The van der Waals surface area contributed by atoms with Crippen LogP contribution in [-0.2, 0) is 9.53 Å². The van der Waals surface area contributed by atoms with Gasteiger partial charge in [0, 0.05) is 6.42 Å². The van der Waals surface area contributed by atoms with Crippen LogP contribution in [0, 0.1) is 0 Å². The van der Waals surface area contributed by atoms with Crippen molar-refractivity contribution in [2.24, 2.45) is 0 Å². The molecule has 1 fully saturated rings. The molecule has 1 rings (SSSR count). The lowest BCUT2D eigenvalue weighted by Gasteiger charge is -2.07. The first-order valence-electron chi connectivity index (χ1n) is 3.65. The van der Waals surface area contributed by atoms with E-state index in [1.807, 2.05) is 0 Å². The molecule has 0 aromatic heterocycles. The van der Waals surface area contributed by atoms with E-state index in [1.54, 1.807) is 6.08 Å². The first kappa shape index (κ1) is 7.32.